The fourth-order valence-electron chi connectivity index (χ4n) is 2.38. The predicted molar refractivity (Wildman–Crippen MR) is 66.4 cm³/mol. The molecule has 100 valence electrons. The summed E-state index contributed by atoms with van der Waals surface area (Å²) in [6.07, 6.45) is 2.92. The van der Waals surface area contributed by atoms with E-state index in [1.807, 2.05) is 0 Å². The minimum atomic E-state index is -0.536. The first kappa shape index (κ1) is 13.4. The van der Waals surface area contributed by atoms with Crippen molar-refractivity contribution in [1.82, 2.24) is 5.32 Å². The van der Waals surface area contributed by atoms with Gasteiger partial charge in [0.2, 0.25) is 0 Å². The molecule has 1 aliphatic heterocycles. The highest BCUT2D eigenvalue weighted by molar-refractivity contribution is 5.22. The molecule has 1 heterocycles. The lowest BCUT2D eigenvalue weighted by Gasteiger charge is -2.24. The molecule has 18 heavy (non-hydrogen) atoms. The third-order valence-electron chi connectivity index (χ3n) is 3.19. The normalized spacial score (nSPS) is 21.2. The first-order valence-electron chi connectivity index (χ1n) is 6.51. The Balaban J connectivity index is 2.20. The van der Waals surface area contributed by atoms with Crippen molar-refractivity contribution in [1.29, 1.82) is 0 Å². The molecule has 0 saturated carbocycles. The van der Waals surface area contributed by atoms with Crippen LogP contribution in [0.15, 0.2) is 18.2 Å². The zero-order valence-electron chi connectivity index (χ0n) is 10.6. The van der Waals surface area contributed by atoms with Crippen LogP contribution in [0.4, 0.5) is 8.78 Å². The Hall–Kier alpha value is -1.00. The summed E-state index contributed by atoms with van der Waals surface area (Å²) in [5, 5.41) is 3.32. The summed E-state index contributed by atoms with van der Waals surface area (Å²) >= 11 is 0. The lowest BCUT2D eigenvalue weighted by atomic mass is 9.99. The van der Waals surface area contributed by atoms with Crippen molar-refractivity contribution in [2.24, 2.45) is 0 Å². The van der Waals surface area contributed by atoms with Crippen molar-refractivity contribution in [3.05, 3.63) is 35.4 Å². The lowest BCUT2D eigenvalue weighted by Crippen LogP contribution is -2.32. The topological polar surface area (TPSA) is 21.3 Å². The van der Waals surface area contributed by atoms with E-state index < -0.39 is 11.6 Å². The second kappa shape index (κ2) is 6.25. The minimum absolute atomic E-state index is 0.0118. The zero-order chi connectivity index (χ0) is 13.0. The number of hydrogen-bond donors (Lipinski definition) is 1. The quantitative estimate of drug-likeness (QED) is 0.872. The van der Waals surface area contributed by atoms with Gasteiger partial charge in [0.15, 0.2) is 0 Å². The van der Waals surface area contributed by atoms with Gasteiger partial charge in [0, 0.05) is 12.7 Å². The molecule has 2 atom stereocenters. The van der Waals surface area contributed by atoms with Crippen LogP contribution in [0, 0.1) is 11.6 Å². The maximum absolute atomic E-state index is 13.3. The number of benzene rings is 1. The van der Waals surface area contributed by atoms with E-state index in [4.69, 9.17) is 4.74 Å². The zero-order valence-corrected chi connectivity index (χ0v) is 10.6. The van der Waals surface area contributed by atoms with Gasteiger partial charge in [-0.1, -0.05) is 6.92 Å². The first-order chi connectivity index (χ1) is 8.70. The van der Waals surface area contributed by atoms with Crippen molar-refractivity contribution >= 4 is 0 Å². The molecule has 0 amide bonds. The van der Waals surface area contributed by atoms with Gasteiger partial charge in [-0.05, 0) is 43.5 Å². The Bertz CT molecular complexity index is 371. The monoisotopic (exact) mass is 255 g/mol. The summed E-state index contributed by atoms with van der Waals surface area (Å²) in [7, 11) is 0. The Kier molecular flexibility index (Phi) is 4.66. The van der Waals surface area contributed by atoms with Crippen LogP contribution in [0.2, 0.25) is 0 Å². The Morgan fingerprint density at radius 3 is 2.61 bits per heavy atom. The average molecular weight is 255 g/mol. The van der Waals surface area contributed by atoms with E-state index in [-0.39, 0.29) is 12.1 Å². The largest absolute Gasteiger partial charge is 0.376 e. The molecule has 1 fully saturated rings. The third kappa shape index (κ3) is 3.27. The number of ether oxygens (including phenoxy) is 1. The molecule has 0 aromatic heterocycles. The van der Waals surface area contributed by atoms with Gasteiger partial charge in [-0.25, -0.2) is 8.78 Å². The van der Waals surface area contributed by atoms with Crippen molar-refractivity contribution in [3.63, 3.8) is 0 Å². The van der Waals surface area contributed by atoms with Gasteiger partial charge < -0.3 is 10.1 Å². The molecular weight excluding hydrogens is 236 g/mol. The first-order valence-corrected chi connectivity index (χ1v) is 6.51. The van der Waals surface area contributed by atoms with Gasteiger partial charge in [0.05, 0.1) is 12.1 Å². The van der Waals surface area contributed by atoms with Crippen molar-refractivity contribution in [2.45, 2.75) is 38.3 Å². The Morgan fingerprint density at radius 2 is 2.06 bits per heavy atom. The summed E-state index contributed by atoms with van der Waals surface area (Å²) in [5.41, 5.74) is 0.632. The van der Waals surface area contributed by atoms with Crippen molar-refractivity contribution in [3.8, 4) is 0 Å². The second-order valence-corrected chi connectivity index (χ2v) is 4.69. The Labute approximate surface area is 106 Å². The van der Waals surface area contributed by atoms with E-state index in [1.165, 1.54) is 12.1 Å². The Morgan fingerprint density at radius 1 is 1.33 bits per heavy atom. The third-order valence-corrected chi connectivity index (χ3v) is 3.19. The molecule has 1 aliphatic rings. The van der Waals surface area contributed by atoms with Crippen molar-refractivity contribution in [2.75, 3.05) is 13.2 Å². The standard InChI is InChI=1S/C14H19F2NO/c1-2-5-17-14(13-4-3-6-18-13)10-7-11(15)9-12(16)8-10/h7-9,13-14,17H,2-6H2,1H3. The maximum Gasteiger partial charge on any atom is 0.126 e. The fourth-order valence-corrected chi connectivity index (χ4v) is 2.38. The van der Waals surface area contributed by atoms with Crippen LogP contribution in [0.3, 0.4) is 0 Å². The van der Waals surface area contributed by atoms with Crippen LogP contribution >= 0.6 is 0 Å². The van der Waals surface area contributed by atoms with E-state index in [2.05, 4.69) is 12.2 Å². The van der Waals surface area contributed by atoms with Gasteiger partial charge in [-0.15, -0.1) is 0 Å². The smallest absolute Gasteiger partial charge is 0.126 e. The minimum Gasteiger partial charge on any atom is -0.376 e. The fraction of sp³-hybridized carbons (Fsp3) is 0.571. The highest BCUT2D eigenvalue weighted by Crippen LogP contribution is 2.27. The summed E-state index contributed by atoms with van der Waals surface area (Å²) in [6.45, 7) is 3.60. The maximum atomic E-state index is 13.3. The van der Waals surface area contributed by atoms with E-state index in [1.54, 1.807) is 0 Å². The number of nitrogens with one attached hydrogen (secondary N) is 1. The molecule has 0 spiro atoms. The van der Waals surface area contributed by atoms with Crippen LogP contribution in [0.1, 0.15) is 37.8 Å². The van der Waals surface area contributed by atoms with E-state index in [0.717, 1.165) is 38.5 Å². The van der Waals surface area contributed by atoms with Crippen LogP contribution in [0.25, 0.3) is 0 Å². The molecule has 0 bridgehead atoms. The molecule has 1 saturated heterocycles. The average Bonchev–Trinajstić information content (AvgIpc) is 2.82. The molecule has 0 radical (unpaired) electrons. The summed E-state index contributed by atoms with van der Waals surface area (Å²) in [4.78, 5) is 0. The SMILES string of the molecule is CCCNC(c1cc(F)cc(F)c1)C1CCCO1. The predicted octanol–water partition coefficient (Wildman–Crippen LogP) is 3.18. The molecule has 1 aromatic rings. The molecule has 4 heteroatoms. The second-order valence-electron chi connectivity index (χ2n) is 4.69. The molecular formula is C14H19F2NO. The van der Waals surface area contributed by atoms with Crippen LogP contribution < -0.4 is 5.32 Å². The highest BCUT2D eigenvalue weighted by Gasteiger charge is 2.27. The van der Waals surface area contributed by atoms with Crippen molar-refractivity contribution < 1.29 is 13.5 Å². The molecule has 0 aliphatic carbocycles. The molecule has 2 unspecified atom stereocenters. The molecule has 2 rings (SSSR count). The summed E-state index contributed by atoms with van der Waals surface area (Å²) < 4.78 is 32.2. The summed E-state index contributed by atoms with van der Waals surface area (Å²) in [5.74, 6) is -1.07. The molecule has 1 N–H and O–H groups in total. The van der Waals surface area contributed by atoms with Gasteiger partial charge in [0.25, 0.3) is 0 Å². The molecule has 1 aromatic carbocycles. The molecule has 2 nitrogen and oxygen atoms in total. The lowest BCUT2D eigenvalue weighted by molar-refractivity contribution is 0.0781. The van der Waals surface area contributed by atoms with Gasteiger partial charge in [0.1, 0.15) is 11.6 Å². The highest BCUT2D eigenvalue weighted by atomic mass is 19.1. The van der Waals surface area contributed by atoms with Gasteiger partial charge in [-0.2, -0.15) is 0 Å². The summed E-state index contributed by atoms with van der Waals surface area (Å²) in [6, 6.07) is 3.55. The number of hydrogen-bond acceptors (Lipinski definition) is 2. The van der Waals surface area contributed by atoms with Crippen LogP contribution in [0.5, 0.6) is 0 Å². The van der Waals surface area contributed by atoms with E-state index in [9.17, 15) is 8.78 Å². The van der Waals surface area contributed by atoms with Gasteiger partial charge in [-0.3, -0.25) is 0 Å². The van der Waals surface area contributed by atoms with E-state index in [0.29, 0.717) is 5.56 Å². The van der Waals surface area contributed by atoms with Gasteiger partial charge >= 0.3 is 0 Å². The van der Waals surface area contributed by atoms with Crippen LogP contribution in [-0.2, 0) is 4.74 Å². The van der Waals surface area contributed by atoms with E-state index >= 15 is 0 Å². The number of halogens is 2. The number of rotatable bonds is 5. The van der Waals surface area contributed by atoms with Crippen LogP contribution in [-0.4, -0.2) is 19.3 Å².